The molecule has 0 aromatic heterocycles. The number of allylic oxidation sites excluding steroid dienone is 3. The lowest BCUT2D eigenvalue weighted by atomic mass is 9.49. The van der Waals surface area contributed by atoms with Crippen LogP contribution in [0.3, 0.4) is 0 Å². The van der Waals surface area contributed by atoms with Gasteiger partial charge in [-0.1, -0.05) is 57.9 Å². The highest BCUT2D eigenvalue weighted by Crippen LogP contribution is 2.65. The van der Waals surface area contributed by atoms with Gasteiger partial charge in [0.25, 0.3) is 0 Å². The van der Waals surface area contributed by atoms with Crippen LogP contribution in [0, 0.1) is 40.4 Å². The number of hydrogen-bond acceptors (Lipinski definition) is 1. The maximum atomic E-state index is 10.3. The minimum atomic E-state index is -0.0339. The molecule has 0 radical (unpaired) electrons. The molecule has 164 valence electrons. The van der Waals surface area contributed by atoms with Gasteiger partial charge in [0.1, 0.15) is 0 Å². The maximum absolute atomic E-state index is 10.3. The first-order valence-electron chi connectivity index (χ1n) is 12.7. The minimum Gasteiger partial charge on any atom is -0.393 e. The molecule has 1 unspecified atom stereocenters. The van der Waals surface area contributed by atoms with Crippen LogP contribution in [0.5, 0.6) is 0 Å². The monoisotopic (exact) mass is 398 g/mol. The summed E-state index contributed by atoms with van der Waals surface area (Å²) in [5.74, 6) is 3.86. The van der Waals surface area contributed by atoms with Crippen molar-refractivity contribution >= 4 is 0 Å². The van der Waals surface area contributed by atoms with Gasteiger partial charge < -0.3 is 5.11 Å². The molecule has 4 aliphatic carbocycles. The second-order valence-corrected chi connectivity index (χ2v) is 12.2. The standard InChI is InChI=1S/C28H46O/c1-18(2)19(3)7-8-20(4)24-11-12-25-23-10-9-21-17-22(29)13-15-27(21,5)26(23)14-16-28(24,25)6/h18,20-22,24,26,29H,3,7-17H2,1-2,4-6H3/t20-,21?,22+,24-,26+,27+,28-/m1/s1. The van der Waals surface area contributed by atoms with Crippen molar-refractivity contribution in [3.8, 4) is 0 Å². The first kappa shape index (κ1) is 21.7. The molecular weight excluding hydrogens is 352 g/mol. The summed E-state index contributed by atoms with van der Waals surface area (Å²) in [4.78, 5) is 0. The zero-order valence-corrected chi connectivity index (χ0v) is 19.9. The summed E-state index contributed by atoms with van der Waals surface area (Å²) < 4.78 is 0. The first-order chi connectivity index (χ1) is 13.7. The number of fused-ring (bicyclic) bond motifs is 4. The molecule has 1 nitrogen and oxygen atoms in total. The largest absolute Gasteiger partial charge is 0.393 e. The van der Waals surface area contributed by atoms with Crippen molar-refractivity contribution in [3.05, 3.63) is 23.3 Å². The lowest BCUT2D eigenvalue weighted by molar-refractivity contribution is -0.0381. The normalized spacial score (nSPS) is 43.0. The summed E-state index contributed by atoms with van der Waals surface area (Å²) >= 11 is 0. The number of aliphatic hydroxyl groups excluding tert-OH is 1. The zero-order valence-electron chi connectivity index (χ0n) is 19.9. The van der Waals surface area contributed by atoms with E-state index in [1.165, 1.54) is 63.4 Å². The van der Waals surface area contributed by atoms with Gasteiger partial charge in [0.15, 0.2) is 0 Å². The number of aliphatic hydroxyl groups is 1. The Morgan fingerprint density at radius 2 is 1.83 bits per heavy atom. The van der Waals surface area contributed by atoms with Gasteiger partial charge in [-0.05, 0) is 111 Å². The number of rotatable bonds is 5. The summed E-state index contributed by atoms with van der Waals surface area (Å²) in [5, 5.41) is 10.3. The molecule has 0 amide bonds. The molecule has 3 fully saturated rings. The zero-order chi connectivity index (χ0) is 21.0. The molecule has 0 spiro atoms. The van der Waals surface area contributed by atoms with Crippen molar-refractivity contribution < 1.29 is 5.11 Å². The first-order valence-corrected chi connectivity index (χ1v) is 12.7. The second kappa shape index (κ2) is 7.85. The van der Waals surface area contributed by atoms with Gasteiger partial charge in [-0.15, -0.1) is 0 Å². The van der Waals surface area contributed by atoms with E-state index in [1.54, 1.807) is 0 Å². The van der Waals surface area contributed by atoms with Gasteiger partial charge in [0.05, 0.1) is 6.10 Å². The fourth-order valence-electron chi connectivity index (χ4n) is 8.32. The lowest BCUT2D eigenvalue weighted by Gasteiger charge is -2.56. The molecule has 0 heterocycles. The van der Waals surface area contributed by atoms with Crippen molar-refractivity contribution in [2.24, 2.45) is 40.4 Å². The quantitative estimate of drug-likeness (QED) is 0.470. The third-order valence-electron chi connectivity index (χ3n) is 10.5. The van der Waals surface area contributed by atoms with E-state index in [0.29, 0.717) is 16.7 Å². The highest BCUT2D eigenvalue weighted by atomic mass is 16.3. The average molecular weight is 399 g/mol. The molecule has 29 heavy (non-hydrogen) atoms. The predicted octanol–water partition coefficient (Wildman–Crippen LogP) is 7.70. The van der Waals surface area contributed by atoms with Crippen LogP contribution in [0.1, 0.15) is 105 Å². The van der Waals surface area contributed by atoms with Crippen LogP contribution >= 0.6 is 0 Å². The van der Waals surface area contributed by atoms with Crippen LogP contribution in [-0.2, 0) is 0 Å². The van der Waals surface area contributed by atoms with Gasteiger partial charge in [0.2, 0.25) is 0 Å². The maximum Gasteiger partial charge on any atom is 0.0543 e. The topological polar surface area (TPSA) is 20.2 Å². The van der Waals surface area contributed by atoms with Crippen LogP contribution < -0.4 is 0 Å². The molecular formula is C28H46O. The summed E-state index contributed by atoms with van der Waals surface area (Å²) in [5.41, 5.74) is 6.16. The summed E-state index contributed by atoms with van der Waals surface area (Å²) in [7, 11) is 0. The predicted molar refractivity (Wildman–Crippen MR) is 124 cm³/mol. The molecule has 3 saturated carbocycles. The van der Waals surface area contributed by atoms with E-state index in [0.717, 1.165) is 36.5 Å². The van der Waals surface area contributed by atoms with E-state index in [1.807, 2.05) is 11.1 Å². The Hall–Kier alpha value is -0.560. The Bertz CT molecular complexity index is 672. The smallest absolute Gasteiger partial charge is 0.0543 e. The fourth-order valence-corrected chi connectivity index (χ4v) is 8.32. The Labute approximate surface area is 180 Å². The molecule has 1 N–H and O–H groups in total. The van der Waals surface area contributed by atoms with Gasteiger partial charge in [-0.25, -0.2) is 0 Å². The highest BCUT2D eigenvalue weighted by Gasteiger charge is 2.55. The van der Waals surface area contributed by atoms with Crippen molar-refractivity contribution in [2.45, 2.75) is 111 Å². The summed E-state index contributed by atoms with van der Waals surface area (Å²) in [6.07, 6.45) is 14.1. The average Bonchev–Trinajstić information content (AvgIpc) is 3.03. The van der Waals surface area contributed by atoms with Gasteiger partial charge in [-0.2, -0.15) is 0 Å². The molecule has 0 aliphatic heterocycles. The fraction of sp³-hybridized carbons (Fsp3) is 0.857. The molecule has 0 aromatic rings. The Morgan fingerprint density at radius 1 is 1.07 bits per heavy atom. The number of hydrogen-bond donors (Lipinski definition) is 1. The van der Waals surface area contributed by atoms with Crippen LogP contribution in [0.4, 0.5) is 0 Å². The van der Waals surface area contributed by atoms with Gasteiger partial charge in [-0.3, -0.25) is 0 Å². The third-order valence-corrected chi connectivity index (χ3v) is 10.5. The van der Waals surface area contributed by atoms with E-state index in [9.17, 15) is 5.11 Å². The lowest BCUT2D eigenvalue weighted by Crippen LogP contribution is -2.48. The van der Waals surface area contributed by atoms with Crippen molar-refractivity contribution in [1.29, 1.82) is 0 Å². The molecule has 7 atom stereocenters. The van der Waals surface area contributed by atoms with Crippen LogP contribution in [0.15, 0.2) is 23.3 Å². The minimum absolute atomic E-state index is 0.0339. The van der Waals surface area contributed by atoms with E-state index in [2.05, 4.69) is 41.2 Å². The Morgan fingerprint density at radius 3 is 2.55 bits per heavy atom. The van der Waals surface area contributed by atoms with Crippen LogP contribution in [0.25, 0.3) is 0 Å². The summed E-state index contributed by atoms with van der Waals surface area (Å²) in [6, 6.07) is 0. The van der Waals surface area contributed by atoms with E-state index in [4.69, 9.17) is 0 Å². The molecule has 0 bridgehead atoms. The van der Waals surface area contributed by atoms with Crippen LogP contribution in [0.2, 0.25) is 0 Å². The van der Waals surface area contributed by atoms with E-state index >= 15 is 0 Å². The summed E-state index contributed by atoms with van der Waals surface area (Å²) in [6.45, 7) is 16.7. The highest BCUT2D eigenvalue weighted by molar-refractivity contribution is 5.34. The van der Waals surface area contributed by atoms with E-state index < -0.39 is 0 Å². The molecule has 0 aromatic carbocycles. The van der Waals surface area contributed by atoms with Crippen molar-refractivity contribution in [2.75, 3.05) is 0 Å². The van der Waals surface area contributed by atoms with E-state index in [-0.39, 0.29) is 6.10 Å². The third kappa shape index (κ3) is 3.58. The second-order valence-electron chi connectivity index (χ2n) is 12.2. The molecule has 0 saturated heterocycles. The molecule has 1 heteroatoms. The molecule has 4 rings (SSSR count). The van der Waals surface area contributed by atoms with Crippen LogP contribution in [-0.4, -0.2) is 11.2 Å². The van der Waals surface area contributed by atoms with Crippen molar-refractivity contribution in [1.82, 2.24) is 0 Å². The Kier molecular flexibility index (Phi) is 5.86. The SMILES string of the molecule is C=C(CC[C@@H](C)[C@H]1CCC2=C3CCC4C[C@@H](O)CC[C@]4(C)[C@H]3CC[C@@]21C)C(C)C. The van der Waals surface area contributed by atoms with Gasteiger partial charge in [0, 0.05) is 0 Å². The Balaban J connectivity index is 1.54. The molecule has 4 aliphatic rings. The van der Waals surface area contributed by atoms with Gasteiger partial charge >= 0.3 is 0 Å². The van der Waals surface area contributed by atoms with Crippen molar-refractivity contribution in [3.63, 3.8) is 0 Å².